The molecule has 0 bridgehead atoms. The molecular weight excluding hydrogens is 255 g/mol. The fraction of sp³-hybridized carbons (Fsp3) is 0.333. The van der Waals surface area contributed by atoms with E-state index in [0.29, 0.717) is 18.7 Å². The van der Waals surface area contributed by atoms with Crippen molar-refractivity contribution in [3.8, 4) is 0 Å². The van der Waals surface area contributed by atoms with Crippen molar-refractivity contribution in [2.24, 2.45) is 5.73 Å². The van der Waals surface area contributed by atoms with Crippen LogP contribution in [-0.4, -0.2) is 16.5 Å². The quantitative estimate of drug-likeness (QED) is 0.850. The second-order valence-electron chi connectivity index (χ2n) is 4.55. The largest absolute Gasteiger partial charge is 0.338 e. The Kier molecular flexibility index (Phi) is 5.01. The van der Waals surface area contributed by atoms with Gasteiger partial charge in [0.05, 0.1) is 5.69 Å². The molecule has 2 rings (SSSR count). The average molecular weight is 274 g/mol. The molecule has 0 spiro atoms. The summed E-state index contributed by atoms with van der Waals surface area (Å²) in [6, 6.07) is 7.85. The normalized spacial score (nSPS) is 10.6. The maximum absolute atomic E-state index is 14.1. The van der Waals surface area contributed by atoms with E-state index in [1.54, 1.807) is 0 Å². The molecule has 5 heteroatoms. The topological polar surface area (TPSA) is 63.8 Å². The van der Waals surface area contributed by atoms with Crippen molar-refractivity contribution >= 4 is 11.5 Å². The summed E-state index contributed by atoms with van der Waals surface area (Å²) >= 11 is 0. The number of hydrogen-bond acceptors (Lipinski definition) is 4. The Morgan fingerprint density at radius 3 is 2.90 bits per heavy atom. The van der Waals surface area contributed by atoms with Crippen molar-refractivity contribution in [1.29, 1.82) is 0 Å². The SMILES string of the molecule is CCc1ncnc(Nc2cccc(CCCN)c2)c1F. The number of anilines is 2. The maximum atomic E-state index is 14.1. The first-order valence-electron chi connectivity index (χ1n) is 6.80. The molecule has 0 aliphatic carbocycles. The zero-order valence-electron chi connectivity index (χ0n) is 11.6. The molecule has 20 heavy (non-hydrogen) atoms. The molecule has 0 atom stereocenters. The van der Waals surface area contributed by atoms with Crippen LogP contribution in [0.1, 0.15) is 24.6 Å². The highest BCUT2D eigenvalue weighted by atomic mass is 19.1. The number of nitrogens with two attached hydrogens (primary N) is 1. The third-order valence-electron chi connectivity index (χ3n) is 3.06. The van der Waals surface area contributed by atoms with Crippen LogP contribution in [-0.2, 0) is 12.8 Å². The Hall–Kier alpha value is -2.01. The van der Waals surface area contributed by atoms with Gasteiger partial charge in [0.1, 0.15) is 6.33 Å². The lowest BCUT2D eigenvalue weighted by molar-refractivity contribution is 0.599. The number of nitrogens with one attached hydrogen (secondary N) is 1. The fourth-order valence-electron chi connectivity index (χ4n) is 1.99. The minimum absolute atomic E-state index is 0.216. The summed E-state index contributed by atoms with van der Waals surface area (Å²) in [7, 11) is 0. The monoisotopic (exact) mass is 274 g/mol. The van der Waals surface area contributed by atoms with Crippen molar-refractivity contribution in [2.45, 2.75) is 26.2 Å². The van der Waals surface area contributed by atoms with Crippen LogP contribution in [0.4, 0.5) is 15.9 Å². The van der Waals surface area contributed by atoms with Crippen molar-refractivity contribution < 1.29 is 4.39 Å². The van der Waals surface area contributed by atoms with Gasteiger partial charge < -0.3 is 11.1 Å². The summed E-state index contributed by atoms with van der Waals surface area (Å²) in [5.41, 5.74) is 7.92. The molecule has 1 heterocycles. The lowest BCUT2D eigenvalue weighted by Gasteiger charge is -2.09. The highest BCUT2D eigenvalue weighted by Gasteiger charge is 2.09. The molecule has 0 radical (unpaired) electrons. The van der Waals surface area contributed by atoms with Crippen LogP contribution in [0, 0.1) is 5.82 Å². The summed E-state index contributed by atoms with van der Waals surface area (Å²) in [6.45, 7) is 2.53. The first-order valence-corrected chi connectivity index (χ1v) is 6.80. The first-order chi connectivity index (χ1) is 9.74. The van der Waals surface area contributed by atoms with E-state index in [4.69, 9.17) is 5.73 Å². The van der Waals surface area contributed by atoms with Crippen LogP contribution in [0.25, 0.3) is 0 Å². The van der Waals surface area contributed by atoms with Gasteiger partial charge >= 0.3 is 0 Å². The number of aryl methyl sites for hydroxylation is 2. The van der Waals surface area contributed by atoms with Crippen LogP contribution in [0.2, 0.25) is 0 Å². The van der Waals surface area contributed by atoms with Gasteiger partial charge in [-0.25, -0.2) is 14.4 Å². The third kappa shape index (κ3) is 3.51. The molecule has 0 saturated heterocycles. The van der Waals surface area contributed by atoms with Gasteiger partial charge in [0, 0.05) is 5.69 Å². The molecule has 0 aliphatic rings. The highest BCUT2D eigenvalue weighted by Crippen LogP contribution is 2.20. The van der Waals surface area contributed by atoms with Gasteiger partial charge in [0.25, 0.3) is 0 Å². The first kappa shape index (κ1) is 14.4. The summed E-state index contributed by atoms with van der Waals surface area (Å²) < 4.78 is 14.1. The number of halogens is 1. The zero-order chi connectivity index (χ0) is 14.4. The second-order valence-corrected chi connectivity index (χ2v) is 4.55. The predicted octanol–water partition coefficient (Wildman–Crippen LogP) is 2.81. The Balaban J connectivity index is 2.17. The molecule has 2 aromatic rings. The molecule has 0 amide bonds. The number of rotatable bonds is 6. The van der Waals surface area contributed by atoms with Crippen LogP contribution < -0.4 is 11.1 Å². The molecule has 1 aromatic carbocycles. The molecule has 3 N–H and O–H groups in total. The zero-order valence-corrected chi connectivity index (χ0v) is 11.6. The molecule has 0 saturated carbocycles. The number of aromatic nitrogens is 2. The number of hydrogen-bond donors (Lipinski definition) is 2. The Labute approximate surface area is 118 Å². The standard InChI is InChI=1S/C15H19FN4/c1-2-13-14(16)15(19-10-18-13)20-12-7-3-5-11(9-12)6-4-8-17/h3,5,7,9-10H,2,4,6,8,17H2,1H3,(H,18,19,20). The van der Waals surface area contributed by atoms with Gasteiger partial charge in [-0.2, -0.15) is 0 Å². The third-order valence-corrected chi connectivity index (χ3v) is 3.06. The van der Waals surface area contributed by atoms with Crippen LogP contribution in [0.3, 0.4) is 0 Å². The molecule has 106 valence electrons. The van der Waals surface area contributed by atoms with Gasteiger partial charge in [-0.05, 0) is 43.5 Å². The minimum atomic E-state index is -0.387. The fourth-order valence-corrected chi connectivity index (χ4v) is 1.99. The summed E-state index contributed by atoms with van der Waals surface area (Å²) in [6.07, 6.45) is 3.77. The van der Waals surface area contributed by atoms with Gasteiger partial charge in [-0.1, -0.05) is 19.1 Å². The Bertz CT molecular complexity index is 572. The Morgan fingerprint density at radius 2 is 2.15 bits per heavy atom. The molecule has 0 fully saturated rings. The summed E-state index contributed by atoms with van der Waals surface area (Å²) in [5, 5.41) is 3.01. The van der Waals surface area contributed by atoms with Crippen molar-refractivity contribution in [2.75, 3.05) is 11.9 Å². The van der Waals surface area contributed by atoms with E-state index in [2.05, 4.69) is 15.3 Å². The average Bonchev–Trinajstić information content (AvgIpc) is 2.48. The van der Waals surface area contributed by atoms with E-state index < -0.39 is 0 Å². The minimum Gasteiger partial charge on any atom is -0.338 e. The van der Waals surface area contributed by atoms with E-state index in [1.165, 1.54) is 11.9 Å². The highest BCUT2D eigenvalue weighted by molar-refractivity contribution is 5.57. The van der Waals surface area contributed by atoms with Crippen molar-refractivity contribution in [3.05, 3.63) is 47.7 Å². The molecule has 4 nitrogen and oxygen atoms in total. The lowest BCUT2D eigenvalue weighted by Crippen LogP contribution is -2.03. The smallest absolute Gasteiger partial charge is 0.187 e. The number of nitrogens with zero attached hydrogens (tertiary/aromatic N) is 2. The van der Waals surface area contributed by atoms with Gasteiger partial charge in [-0.15, -0.1) is 0 Å². The molecule has 0 aliphatic heterocycles. The predicted molar refractivity (Wildman–Crippen MR) is 78.5 cm³/mol. The molecular formula is C15H19FN4. The van der Waals surface area contributed by atoms with E-state index in [9.17, 15) is 4.39 Å². The van der Waals surface area contributed by atoms with Gasteiger partial charge in [-0.3, -0.25) is 0 Å². The van der Waals surface area contributed by atoms with E-state index in [1.807, 2.05) is 31.2 Å². The van der Waals surface area contributed by atoms with Crippen molar-refractivity contribution in [3.63, 3.8) is 0 Å². The molecule has 1 aromatic heterocycles. The second kappa shape index (κ2) is 6.96. The summed E-state index contributed by atoms with van der Waals surface area (Å²) in [5.74, 6) is -0.171. The molecule has 0 unspecified atom stereocenters. The summed E-state index contributed by atoms with van der Waals surface area (Å²) in [4.78, 5) is 7.87. The van der Waals surface area contributed by atoms with Crippen LogP contribution in [0.5, 0.6) is 0 Å². The van der Waals surface area contributed by atoms with Gasteiger partial charge in [0.15, 0.2) is 11.6 Å². The van der Waals surface area contributed by atoms with Crippen LogP contribution >= 0.6 is 0 Å². The van der Waals surface area contributed by atoms with E-state index >= 15 is 0 Å². The van der Waals surface area contributed by atoms with Crippen LogP contribution in [0.15, 0.2) is 30.6 Å². The van der Waals surface area contributed by atoms with E-state index in [0.717, 1.165) is 18.5 Å². The maximum Gasteiger partial charge on any atom is 0.187 e. The van der Waals surface area contributed by atoms with Crippen molar-refractivity contribution in [1.82, 2.24) is 9.97 Å². The Morgan fingerprint density at radius 1 is 1.30 bits per heavy atom. The lowest BCUT2D eigenvalue weighted by atomic mass is 10.1. The van der Waals surface area contributed by atoms with Gasteiger partial charge in [0.2, 0.25) is 0 Å². The number of benzene rings is 1. The van der Waals surface area contributed by atoms with E-state index in [-0.39, 0.29) is 11.6 Å².